The van der Waals surface area contributed by atoms with Crippen LogP contribution in [0.25, 0.3) is 0 Å². The Morgan fingerprint density at radius 3 is 2.45 bits per heavy atom. The summed E-state index contributed by atoms with van der Waals surface area (Å²) in [6.07, 6.45) is 0.886. The number of nitrogens with two attached hydrogens (primary N) is 1. The third kappa shape index (κ3) is 4.52. The first-order chi connectivity index (χ1) is 9.35. The minimum absolute atomic E-state index is 0.0247. The second kappa shape index (κ2) is 7.28. The molecule has 20 heavy (non-hydrogen) atoms. The summed E-state index contributed by atoms with van der Waals surface area (Å²) in [5.74, 6) is -4.39. The minimum atomic E-state index is -1.60. The molecule has 0 aliphatic carbocycles. The fourth-order valence-corrected chi connectivity index (χ4v) is 2.02. The molecule has 3 nitrogen and oxygen atoms in total. The molecule has 0 fully saturated rings. The van der Waals surface area contributed by atoms with E-state index in [2.05, 4.69) is 5.32 Å². The lowest BCUT2D eigenvalue weighted by Crippen LogP contribution is -2.24. The summed E-state index contributed by atoms with van der Waals surface area (Å²) in [6.45, 7) is 4.36. The zero-order valence-electron chi connectivity index (χ0n) is 11.6. The van der Waals surface area contributed by atoms with Gasteiger partial charge in [-0.1, -0.05) is 13.8 Å². The van der Waals surface area contributed by atoms with E-state index in [1.807, 2.05) is 13.8 Å². The van der Waals surface area contributed by atoms with Crippen LogP contribution in [0.5, 0.6) is 0 Å². The predicted octanol–water partition coefficient (Wildman–Crippen LogP) is 3.05. The van der Waals surface area contributed by atoms with Crippen molar-refractivity contribution in [3.8, 4) is 0 Å². The van der Waals surface area contributed by atoms with Gasteiger partial charge in [0, 0.05) is 6.42 Å². The number of nitrogens with one attached hydrogen (secondary N) is 1. The number of benzene rings is 1. The van der Waals surface area contributed by atoms with Crippen LogP contribution in [0.3, 0.4) is 0 Å². The van der Waals surface area contributed by atoms with E-state index in [0.29, 0.717) is 12.5 Å². The minimum Gasteiger partial charge on any atom is -0.330 e. The Labute approximate surface area is 116 Å². The first kappa shape index (κ1) is 16.5. The standard InChI is InChI=1S/C14H19F3N2O/c1-8(2)5-9(7-18)6-12(20)19-11-4-3-10(15)13(16)14(11)17/h3-4,8-9H,5-7,18H2,1-2H3,(H,19,20)/t9-/m0/s1. The topological polar surface area (TPSA) is 55.1 Å². The van der Waals surface area contributed by atoms with Gasteiger partial charge in [0.15, 0.2) is 17.5 Å². The molecule has 1 amide bonds. The summed E-state index contributed by atoms with van der Waals surface area (Å²) >= 11 is 0. The predicted molar refractivity (Wildman–Crippen MR) is 71.6 cm³/mol. The average Bonchev–Trinajstić information content (AvgIpc) is 2.38. The van der Waals surface area contributed by atoms with Gasteiger partial charge in [0.1, 0.15) is 0 Å². The van der Waals surface area contributed by atoms with Crippen molar-refractivity contribution >= 4 is 11.6 Å². The third-order valence-electron chi connectivity index (χ3n) is 2.92. The second-order valence-corrected chi connectivity index (χ2v) is 5.21. The third-order valence-corrected chi connectivity index (χ3v) is 2.92. The molecule has 0 saturated carbocycles. The fourth-order valence-electron chi connectivity index (χ4n) is 2.02. The van der Waals surface area contributed by atoms with Gasteiger partial charge in [0.2, 0.25) is 5.91 Å². The first-order valence-corrected chi connectivity index (χ1v) is 6.48. The SMILES string of the molecule is CC(C)C[C@H](CN)CC(=O)Nc1ccc(F)c(F)c1F. The number of halogens is 3. The Bertz CT molecular complexity index is 478. The van der Waals surface area contributed by atoms with Crippen LogP contribution in [-0.2, 0) is 4.79 Å². The largest absolute Gasteiger partial charge is 0.330 e. The van der Waals surface area contributed by atoms with Gasteiger partial charge in [-0.25, -0.2) is 13.2 Å². The highest BCUT2D eigenvalue weighted by Gasteiger charge is 2.18. The van der Waals surface area contributed by atoms with Crippen LogP contribution in [0.4, 0.5) is 18.9 Å². The molecule has 1 aromatic carbocycles. The van der Waals surface area contributed by atoms with E-state index in [9.17, 15) is 18.0 Å². The Kier molecular flexibility index (Phi) is 6.01. The normalized spacial score (nSPS) is 12.6. The number of hydrogen-bond acceptors (Lipinski definition) is 2. The second-order valence-electron chi connectivity index (χ2n) is 5.21. The monoisotopic (exact) mass is 288 g/mol. The van der Waals surface area contributed by atoms with Crippen LogP contribution >= 0.6 is 0 Å². The van der Waals surface area contributed by atoms with Crippen molar-refractivity contribution in [1.29, 1.82) is 0 Å². The number of carbonyl (C=O) groups excluding carboxylic acids is 1. The van der Waals surface area contributed by atoms with Gasteiger partial charge in [-0.2, -0.15) is 0 Å². The summed E-state index contributed by atoms with van der Waals surface area (Å²) in [7, 11) is 0. The zero-order valence-corrected chi connectivity index (χ0v) is 11.6. The van der Waals surface area contributed by atoms with Crippen molar-refractivity contribution in [3.63, 3.8) is 0 Å². The van der Waals surface area contributed by atoms with Crippen LogP contribution in [-0.4, -0.2) is 12.5 Å². The van der Waals surface area contributed by atoms with E-state index in [-0.39, 0.29) is 18.0 Å². The highest BCUT2D eigenvalue weighted by atomic mass is 19.2. The van der Waals surface area contributed by atoms with Gasteiger partial charge in [-0.3, -0.25) is 4.79 Å². The molecule has 1 rings (SSSR count). The van der Waals surface area contributed by atoms with Gasteiger partial charge in [0.25, 0.3) is 0 Å². The molecule has 0 bridgehead atoms. The van der Waals surface area contributed by atoms with Crippen LogP contribution < -0.4 is 11.1 Å². The molecule has 0 aromatic heterocycles. The molecule has 3 N–H and O–H groups in total. The van der Waals surface area contributed by atoms with Crippen molar-refractivity contribution in [2.75, 3.05) is 11.9 Å². The summed E-state index contributed by atoms with van der Waals surface area (Å²) in [5, 5.41) is 2.24. The lowest BCUT2D eigenvalue weighted by molar-refractivity contribution is -0.117. The van der Waals surface area contributed by atoms with Crippen molar-refractivity contribution in [2.45, 2.75) is 26.7 Å². The maximum atomic E-state index is 13.4. The molecule has 1 aromatic rings. The van der Waals surface area contributed by atoms with Crippen molar-refractivity contribution in [3.05, 3.63) is 29.6 Å². The molecule has 0 radical (unpaired) electrons. The lowest BCUT2D eigenvalue weighted by Gasteiger charge is -2.16. The molecule has 1 atom stereocenters. The number of amides is 1. The number of carbonyl (C=O) groups is 1. The smallest absolute Gasteiger partial charge is 0.224 e. The van der Waals surface area contributed by atoms with Crippen LogP contribution in [0.15, 0.2) is 12.1 Å². The maximum Gasteiger partial charge on any atom is 0.224 e. The van der Waals surface area contributed by atoms with E-state index >= 15 is 0 Å². The molecule has 0 saturated heterocycles. The van der Waals surface area contributed by atoms with Crippen molar-refractivity contribution in [2.24, 2.45) is 17.6 Å². The van der Waals surface area contributed by atoms with Crippen LogP contribution in [0.2, 0.25) is 0 Å². The summed E-state index contributed by atoms with van der Waals surface area (Å²) < 4.78 is 39.2. The fraction of sp³-hybridized carbons (Fsp3) is 0.500. The van der Waals surface area contributed by atoms with Gasteiger partial charge in [-0.15, -0.1) is 0 Å². The van der Waals surface area contributed by atoms with Gasteiger partial charge < -0.3 is 11.1 Å². The summed E-state index contributed by atoms with van der Waals surface area (Å²) in [4.78, 5) is 11.8. The summed E-state index contributed by atoms with van der Waals surface area (Å²) in [6, 6.07) is 1.76. The Balaban J connectivity index is 2.69. The highest BCUT2D eigenvalue weighted by molar-refractivity contribution is 5.91. The van der Waals surface area contributed by atoms with Gasteiger partial charge in [-0.05, 0) is 36.9 Å². The van der Waals surface area contributed by atoms with Crippen molar-refractivity contribution in [1.82, 2.24) is 0 Å². The molecule has 0 aliphatic rings. The van der Waals surface area contributed by atoms with E-state index < -0.39 is 23.4 Å². The number of rotatable bonds is 6. The Hall–Kier alpha value is -1.56. The number of hydrogen-bond donors (Lipinski definition) is 2. The molecule has 0 spiro atoms. The molecule has 0 heterocycles. The molecular formula is C14H19F3N2O. The molecular weight excluding hydrogens is 269 g/mol. The molecule has 0 unspecified atom stereocenters. The van der Waals surface area contributed by atoms with Gasteiger partial charge in [0.05, 0.1) is 5.69 Å². The van der Waals surface area contributed by atoms with Crippen molar-refractivity contribution < 1.29 is 18.0 Å². The molecule has 112 valence electrons. The summed E-state index contributed by atoms with van der Waals surface area (Å²) in [5.41, 5.74) is 5.21. The quantitative estimate of drug-likeness (QED) is 0.790. The van der Waals surface area contributed by atoms with Gasteiger partial charge >= 0.3 is 0 Å². The van der Waals surface area contributed by atoms with Crippen LogP contribution in [0, 0.1) is 29.3 Å². The highest BCUT2D eigenvalue weighted by Crippen LogP contribution is 2.21. The number of anilines is 1. The molecule has 6 heteroatoms. The van der Waals surface area contributed by atoms with E-state index in [1.165, 1.54) is 0 Å². The average molecular weight is 288 g/mol. The zero-order chi connectivity index (χ0) is 15.3. The lowest BCUT2D eigenvalue weighted by atomic mass is 9.94. The van der Waals surface area contributed by atoms with E-state index in [1.54, 1.807) is 0 Å². The molecule has 0 aliphatic heterocycles. The maximum absolute atomic E-state index is 13.4. The van der Waals surface area contributed by atoms with E-state index in [4.69, 9.17) is 5.73 Å². The Morgan fingerprint density at radius 1 is 1.25 bits per heavy atom. The van der Waals surface area contributed by atoms with Crippen LogP contribution in [0.1, 0.15) is 26.7 Å². The first-order valence-electron chi connectivity index (χ1n) is 6.48. The Morgan fingerprint density at radius 2 is 1.90 bits per heavy atom. The van der Waals surface area contributed by atoms with E-state index in [0.717, 1.165) is 18.6 Å².